The van der Waals surface area contributed by atoms with E-state index in [1.54, 1.807) is 10.6 Å². The third-order valence-electron chi connectivity index (χ3n) is 3.37. The molecule has 98 valence electrons. The van der Waals surface area contributed by atoms with Gasteiger partial charge in [-0.1, -0.05) is 30.9 Å². The molecule has 4 heteroatoms. The molecular formula is C16H13N3O. The van der Waals surface area contributed by atoms with Gasteiger partial charge in [-0.25, -0.2) is 9.50 Å². The molecule has 0 aliphatic heterocycles. The predicted molar refractivity (Wildman–Crippen MR) is 79.7 cm³/mol. The number of aldehydes is 1. The Hall–Kier alpha value is -2.75. The Bertz CT molecular complexity index is 859. The number of hydrogen-bond donors (Lipinski definition) is 0. The largest absolute Gasteiger partial charge is 0.298 e. The van der Waals surface area contributed by atoms with Crippen LogP contribution in [0.5, 0.6) is 0 Å². The Morgan fingerprint density at radius 1 is 1.35 bits per heavy atom. The number of aromatic nitrogens is 3. The van der Waals surface area contributed by atoms with Crippen molar-refractivity contribution in [3.05, 3.63) is 60.5 Å². The zero-order chi connectivity index (χ0) is 14.1. The first-order valence-corrected chi connectivity index (χ1v) is 6.29. The summed E-state index contributed by atoms with van der Waals surface area (Å²) in [7, 11) is 0. The summed E-state index contributed by atoms with van der Waals surface area (Å²) < 4.78 is 1.74. The minimum Gasteiger partial charge on any atom is -0.298 e. The fourth-order valence-electron chi connectivity index (χ4n) is 2.39. The Morgan fingerprint density at radius 3 is 2.90 bits per heavy atom. The van der Waals surface area contributed by atoms with Crippen molar-refractivity contribution in [1.29, 1.82) is 0 Å². The molecule has 0 spiro atoms. The summed E-state index contributed by atoms with van der Waals surface area (Å²) in [5.74, 6) is 0. The zero-order valence-electron chi connectivity index (χ0n) is 11.1. The topological polar surface area (TPSA) is 47.3 Å². The maximum Gasteiger partial charge on any atom is 0.156 e. The van der Waals surface area contributed by atoms with E-state index in [2.05, 4.69) is 16.7 Å². The van der Waals surface area contributed by atoms with E-state index in [-0.39, 0.29) is 0 Å². The Kier molecular flexibility index (Phi) is 2.91. The van der Waals surface area contributed by atoms with Crippen LogP contribution >= 0.6 is 0 Å². The molecular weight excluding hydrogens is 250 g/mol. The SMILES string of the molecule is C=C/C(=C\C)c1cc2ncnn2c2cc(C=O)ccc12. The second-order valence-electron chi connectivity index (χ2n) is 4.43. The van der Waals surface area contributed by atoms with Crippen molar-refractivity contribution in [3.8, 4) is 0 Å². The highest BCUT2D eigenvalue weighted by Gasteiger charge is 2.10. The predicted octanol–water partition coefficient (Wildman–Crippen LogP) is 3.28. The van der Waals surface area contributed by atoms with E-state index < -0.39 is 0 Å². The minimum absolute atomic E-state index is 0.618. The van der Waals surface area contributed by atoms with E-state index in [4.69, 9.17) is 0 Å². The maximum absolute atomic E-state index is 11.0. The van der Waals surface area contributed by atoms with Crippen molar-refractivity contribution in [1.82, 2.24) is 14.6 Å². The lowest BCUT2D eigenvalue weighted by molar-refractivity contribution is 0.112. The smallest absolute Gasteiger partial charge is 0.156 e. The first kappa shape index (κ1) is 12.3. The molecule has 0 atom stereocenters. The second kappa shape index (κ2) is 4.74. The lowest BCUT2D eigenvalue weighted by Crippen LogP contribution is -1.96. The Labute approximate surface area is 116 Å². The summed E-state index contributed by atoms with van der Waals surface area (Å²) in [6, 6.07) is 7.54. The number of carbonyl (C=O) groups excluding carboxylic acids is 1. The number of pyridine rings is 1. The number of fused-ring (bicyclic) bond motifs is 3. The van der Waals surface area contributed by atoms with Crippen LogP contribution in [0.15, 0.2) is 49.3 Å². The molecule has 0 saturated heterocycles. The van der Waals surface area contributed by atoms with Gasteiger partial charge in [0.1, 0.15) is 12.6 Å². The average molecular weight is 263 g/mol. The van der Waals surface area contributed by atoms with Gasteiger partial charge in [0.25, 0.3) is 0 Å². The first-order chi connectivity index (χ1) is 9.78. The lowest BCUT2D eigenvalue weighted by atomic mass is 10.00. The molecule has 20 heavy (non-hydrogen) atoms. The van der Waals surface area contributed by atoms with Crippen LogP contribution < -0.4 is 0 Å². The molecule has 1 aromatic carbocycles. The van der Waals surface area contributed by atoms with Gasteiger partial charge in [-0.2, -0.15) is 5.10 Å². The van der Waals surface area contributed by atoms with Crippen LogP contribution in [0.3, 0.4) is 0 Å². The first-order valence-electron chi connectivity index (χ1n) is 6.29. The molecule has 3 aromatic rings. The number of nitrogens with zero attached hydrogens (tertiary/aromatic N) is 3. The summed E-state index contributed by atoms with van der Waals surface area (Å²) in [6.07, 6.45) is 6.16. The van der Waals surface area contributed by atoms with Crippen LogP contribution in [0.25, 0.3) is 22.1 Å². The zero-order valence-corrected chi connectivity index (χ0v) is 11.1. The number of rotatable bonds is 3. The lowest BCUT2D eigenvalue weighted by Gasteiger charge is -2.09. The number of benzene rings is 1. The molecule has 2 heterocycles. The fraction of sp³-hybridized carbons (Fsp3) is 0.0625. The highest BCUT2D eigenvalue weighted by Crippen LogP contribution is 2.27. The van der Waals surface area contributed by atoms with Crippen LogP contribution in [0, 0.1) is 0 Å². The van der Waals surface area contributed by atoms with Gasteiger partial charge >= 0.3 is 0 Å². The van der Waals surface area contributed by atoms with Crippen LogP contribution in [-0.4, -0.2) is 20.9 Å². The highest BCUT2D eigenvalue weighted by molar-refractivity contribution is 5.98. The summed E-state index contributed by atoms with van der Waals surface area (Å²) in [4.78, 5) is 15.2. The van der Waals surface area contributed by atoms with E-state index in [0.29, 0.717) is 5.56 Å². The van der Waals surface area contributed by atoms with E-state index >= 15 is 0 Å². The molecule has 0 aliphatic carbocycles. The van der Waals surface area contributed by atoms with Gasteiger partial charge in [-0.3, -0.25) is 4.79 Å². The molecule has 0 N–H and O–H groups in total. The maximum atomic E-state index is 11.0. The van der Waals surface area contributed by atoms with Crippen molar-refractivity contribution >= 4 is 28.4 Å². The van der Waals surface area contributed by atoms with Crippen molar-refractivity contribution in [2.24, 2.45) is 0 Å². The number of allylic oxidation sites excluding steroid dienone is 3. The molecule has 0 amide bonds. The molecule has 0 bridgehead atoms. The van der Waals surface area contributed by atoms with Gasteiger partial charge < -0.3 is 0 Å². The van der Waals surface area contributed by atoms with Crippen molar-refractivity contribution < 1.29 is 4.79 Å². The Morgan fingerprint density at radius 2 is 2.20 bits per heavy atom. The van der Waals surface area contributed by atoms with Gasteiger partial charge in [0.15, 0.2) is 5.65 Å². The third-order valence-corrected chi connectivity index (χ3v) is 3.37. The van der Waals surface area contributed by atoms with Gasteiger partial charge in [-0.05, 0) is 30.2 Å². The van der Waals surface area contributed by atoms with E-state index in [9.17, 15) is 4.79 Å². The standard InChI is InChI=1S/C16H13N3O/c1-3-12(4-2)14-8-16-17-10-18-19(16)15-7-11(9-20)5-6-13(14)15/h3-10H,1H2,2H3/b12-4+. The number of hydrogen-bond acceptors (Lipinski definition) is 3. The molecule has 0 unspecified atom stereocenters. The van der Waals surface area contributed by atoms with Gasteiger partial charge in [0, 0.05) is 10.9 Å². The third kappa shape index (κ3) is 1.73. The molecule has 0 radical (unpaired) electrons. The fourth-order valence-corrected chi connectivity index (χ4v) is 2.39. The monoisotopic (exact) mass is 263 g/mol. The van der Waals surface area contributed by atoms with Crippen molar-refractivity contribution in [3.63, 3.8) is 0 Å². The number of carbonyl (C=O) groups is 1. The van der Waals surface area contributed by atoms with E-state index in [0.717, 1.165) is 34.0 Å². The van der Waals surface area contributed by atoms with Gasteiger partial charge in [0.2, 0.25) is 0 Å². The van der Waals surface area contributed by atoms with Crippen molar-refractivity contribution in [2.75, 3.05) is 0 Å². The molecule has 0 saturated carbocycles. The van der Waals surface area contributed by atoms with Gasteiger partial charge in [-0.15, -0.1) is 0 Å². The molecule has 4 nitrogen and oxygen atoms in total. The van der Waals surface area contributed by atoms with Crippen LogP contribution in [0.4, 0.5) is 0 Å². The van der Waals surface area contributed by atoms with E-state index in [1.807, 2.05) is 37.3 Å². The molecule has 0 fully saturated rings. The summed E-state index contributed by atoms with van der Waals surface area (Å²) in [5, 5.41) is 5.23. The molecule has 3 rings (SSSR count). The molecule has 0 aliphatic rings. The normalized spacial score (nSPS) is 11.9. The summed E-state index contributed by atoms with van der Waals surface area (Å²) in [6.45, 7) is 5.82. The van der Waals surface area contributed by atoms with Gasteiger partial charge in [0.05, 0.1) is 5.52 Å². The molecule has 2 aromatic heterocycles. The minimum atomic E-state index is 0.618. The Balaban J connectivity index is 2.50. The van der Waals surface area contributed by atoms with Crippen LogP contribution in [0.1, 0.15) is 22.8 Å². The summed E-state index contributed by atoms with van der Waals surface area (Å²) >= 11 is 0. The van der Waals surface area contributed by atoms with Crippen molar-refractivity contribution in [2.45, 2.75) is 6.92 Å². The quantitative estimate of drug-likeness (QED) is 0.538. The second-order valence-corrected chi connectivity index (χ2v) is 4.43. The average Bonchev–Trinajstić information content (AvgIpc) is 2.96. The highest BCUT2D eigenvalue weighted by atomic mass is 16.1. The van der Waals surface area contributed by atoms with Crippen LogP contribution in [0.2, 0.25) is 0 Å². The summed E-state index contributed by atoms with van der Waals surface area (Å²) in [5.41, 5.74) is 4.29. The van der Waals surface area contributed by atoms with E-state index in [1.165, 1.54) is 6.33 Å². The van der Waals surface area contributed by atoms with Crippen LogP contribution in [-0.2, 0) is 0 Å².